The Labute approximate surface area is 237 Å². The molecule has 0 bridgehead atoms. The fraction of sp³-hybridized carbons (Fsp3) is 0.481. The monoisotopic (exact) mass is 609 g/mol. The predicted molar refractivity (Wildman–Crippen MR) is 138 cm³/mol. The number of likely N-dealkylation sites (tertiary alicyclic amines) is 1. The lowest BCUT2D eigenvalue weighted by Gasteiger charge is -2.44. The fourth-order valence-corrected chi connectivity index (χ4v) is 5.74. The summed E-state index contributed by atoms with van der Waals surface area (Å²) in [6.07, 6.45) is -8.54. The molecule has 0 radical (unpaired) electrons. The van der Waals surface area contributed by atoms with Gasteiger partial charge in [0.25, 0.3) is 5.91 Å². The van der Waals surface area contributed by atoms with Crippen LogP contribution in [0, 0.1) is 5.92 Å². The molecule has 2 fully saturated rings. The molecule has 2 aliphatic heterocycles. The van der Waals surface area contributed by atoms with E-state index in [4.69, 9.17) is 23.2 Å². The quantitative estimate of drug-likeness (QED) is 0.403. The minimum atomic E-state index is -5.09. The second-order valence-electron chi connectivity index (χ2n) is 10.2. The molecule has 4 rings (SSSR count). The van der Waals surface area contributed by atoms with E-state index in [2.05, 4.69) is 5.32 Å². The van der Waals surface area contributed by atoms with Crippen molar-refractivity contribution >= 4 is 35.0 Å². The summed E-state index contributed by atoms with van der Waals surface area (Å²) in [6, 6.07) is 5.05. The maximum Gasteiger partial charge on any atom is 0.416 e. The van der Waals surface area contributed by atoms with Gasteiger partial charge < -0.3 is 15.1 Å². The molecule has 2 amide bonds. The third-order valence-corrected chi connectivity index (χ3v) is 8.34. The summed E-state index contributed by atoms with van der Waals surface area (Å²) in [5.41, 5.74) is -3.22. The second-order valence-corrected chi connectivity index (χ2v) is 11.0. The lowest BCUT2D eigenvalue weighted by atomic mass is 9.83. The van der Waals surface area contributed by atoms with Crippen molar-refractivity contribution in [3.63, 3.8) is 0 Å². The van der Waals surface area contributed by atoms with Crippen molar-refractivity contribution in [3.8, 4) is 0 Å². The number of benzene rings is 2. The molecule has 0 aromatic heterocycles. The lowest BCUT2D eigenvalue weighted by molar-refractivity contribution is -0.143. The highest BCUT2D eigenvalue weighted by Gasteiger charge is 2.41. The van der Waals surface area contributed by atoms with Crippen molar-refractivity contribution in [1.82, 2.24) is 15.1 Å². The van der Waals surface area contributed by atoms with E-state index >= 15 is 0 Å². The van der Waals surface area contributed by atoms with Crippen LogP contribution in [0.1, 0.15) is 52.2 Å². The van der Waals surface area contributed by atoms with Gasteiger partial charge in [-0.15, -0.1) is 0 Å². The molecular formula is C27H27Cl2F6N3O2. The standard InChI is InChI=1S/C27H27Cl2F6N3O2/c1-37(24(39)17-10-18(26(30,31)32)13-19(11-17)27(33,34)35)23-6-9-38(25(40)15-4-7-36-8-5-15)14-20(23)16-2-3-21(28)22(29)12-16/h2-3,10-13,15,20,23,36H,4-9,14H2,1H3/t20-,23+/m0/s1. The number of rotatable bonds is 4. The van der Waals surface area contributed by atoms with Crippen molar-refractivity contribution in [2.24, 2.45) is 5.92 Å². The lowest BCUT2D eigenvalue weighted by Crippen LogP contribution is -2.53. The van der Waals surface area contributed by atoms with E-state index in [0.717, 1.165) is 18.0 Å². The topological polar surface area (TPSA) is 52.7 Å². The normalized spacial score (nSPS) is 20.9. The summed E-state index contributed by atoms with van der Waals surface area (Å²) in [4.78, 5) is 29.6. The highest BCUT2D eigenvalue weighted by Crippen LogP contribution is 2.38. The van der Waals surface area contributed by atoms with Crippen molar-refractivity contribution in [1.29, 1.82) is 0 Å². The zero-order valence-electron chi connectivity index (χ0n) is 21.4. The van der Waals surface area contributed by atoms with Gasteiger partial charge in [-0.2, -0.15) is 26.3 Å². The number of nitrogens with zero attached hydrogens (tertiary/aromatic N) is 2. The van der Waals surface area contributed by atoms with Crippen LogP contribution < -0.4 is 5.32 Å². The predicted octanol–water partition coefficient (Wildman–Crippen LogP) is 6.49. The molecule has 2 saturated heterocycles. The number of likely N-dealkylation sites (N-methyl/N-ethyl adjacent to an activating group) is 1. The zero-order valence-corrected chi connectivity index (χ0v) is 22.9. The molecule has 1 N–H and O–H groups in total. The number of hydrogen-bond donors (Lipinski definition) is 1. The van der Waals surface area contributed by atoms with Crippen LogP contribution in [0.3, 0.4) is 0 Å². The van der Waals surface area contributed by atoms with Gasteiger partial charge in [0, 0.05) is 43.6 Å². The van der Waals surface area contributed by atoms with Gasteiger partial charge in [0.15, 0.2) is 0 Å². The first-order valence-electron chi connectivity index (χ1n) is 12.7. The van der Waals surface area contributed by atoms with Crippen LogP contribution in [0.15, 0.2) is 36.4 Å². The molecule has 2 atom stereocenters. The van der Waals surface area contributed by atoms with Crippen LogP contribution in [0.25, 0.3) is 0 Å². The Hall–Kier alpha value is -2.50. The maximum absolute atomic E-state index is 13.4. The number of amides is 2. The third kappa shape index (κ3) is 6.69. The molecule has 2 aliphatic rings. The molecule has 2 heterocycles. The summed E-state index contributed by atoms with van der Waals surface area (Å²) in [5.74, 6) is -1.69. The van der Waals surface area contributed by atoms with Gasteiger partial charge in [-0.05, 0) is 68.2 Å². The van der Waals surface area contributed by atoms with E-state index in [1.54, 1.807) is 23.1 Å². The molecule has 0 saturated carbocycles. The first kappa shape index (κ1) is 30.5. The third-order valence-electron chi connectivity index (χ3n) is 7.60. The van der Waals surface area contributed by atoms with Crippen LogP contribution in [0.4, 0.5) is 26.3 Å². The van der Waals surface area contributed by atoms with E-state index in [1.807, 2.05) is 0 Å². The van der Waals surface area contributed by atoms with Gasteiger partial charge in [-0.3, -0.25) is 9.59 Å². The Balaban J connectivity index is 1.67. The highest BCUT2D eigenvalue weighted by molar-refractivity contribution is 6.42. The number of piperidine rings is 2. The van der Waals surface area contributed by atoms with Crippen molar-refractivity contribution < 1.29 is 35.9 Å². The number of nitrogens with one attached hydrogen (secondary N) is 1. The average molecular weight is 610 g/mol. The Morgan fingerprint density at radius 1 is 0.900 bits per heavy atom. The van der Waals surface area contributed by atoms with Gasteiger partial charge in [0.1, 0.15) is 0 Å². The molecule has 5 nitrogen and oxygen atoms in total. The van der Waals surface area contributed by atoms with Crippen LogP contribution in [-0.2, 0) is 17.1 Å². The summed E-state index contributed by atoms with van der Waals surface area (Å²) >= 11 is 12.3. The van der Waals surface area contributed by atoms with Crippen LogP contribution >= 0.6 is 23.2 Å². The second kappa shape index (κ2) is 11.8. The van der Waals surface area contributed by atoms with Crippen LogP contribution in [-0.4, -0.2) is 60.9 Å². The number of carbonyl (C=O) groups excluding carboxylic acids is 2. The van der Waals surface area contributed by atoms with E-state index in [0.29, 0.717) is 30.5 Å². The largest absolute Gasteiger partial charge is 0.416 e. The van der Waals surface area contributed by atoms with Crippen molar-refractivity contribution in [2.45, 2.75) is 43.6 Å². The molecule has 0 aliphatic carbocycles. The molecule has 2 aromatic rings. The molecule has 13 heteroatoms. The molecule has 0 spiro atoms. The number of halogens is 8. The smallest absolute Gasteiger partial charge is 0.342 e. The molecule has 218 valence electrons. The van der Waals surface area contributed by atoms with Crippen molar-refractivity contribution in [2.75, 3.05) is 33.2 Å². The SMILES string of the molecule is CN(C(=O)c1cc(C(F)(F)F)cc(C(F)(F)F)c1)[C@@H]1CCN(C(=O)C2CCNCC2)C[C@H]1c1ccc(Cl)c(Cl)c1. The Morgan fingerprint density at radius 3 is 2.05 bits per heavy atom. The zero-order chi connectivity index (χ0) is 29.4. The average Bonchev–Trinajstić information content (AvgIpc) is 2.92. The number of carbonyl (C=O) groups is 2. The summed E-state index contributed by atoms with van der Waals surface area (Å²) in [7, 11) is 1.34. The summed E-state index contributed by atoms with van der Waals surface area (Å²) in [5, 5.41) is 3.74. The number of alkyl halides is 6. The van der Waals surface area contributed by atoms with Gasteiger partial charge >= 0.3 is 12.4 Å². The van der Waals surface area contributed by atoms with Gasteiger partial charge in [-0.25, -0.2) is 0 Å². The minimum absolute atomic E-state index is 0.0137. The molecule has 2 aromatic carbocycles. The van der Waals surface area contributed by atoms with E-state index in [1.165, 1.54) is 7.05 Å². The fourth-order valence-electron chi connectivity index (χ4n) is 5.43. The van der Waals surface area contributed by atoms with E-state index < -0.39 is 46.9 Å². The number of hydrogen-bond acceptors (Lipinski definition) is 3. The van der Waals surface area contributed by atoms with Crippen molar-refractivity contribution in [3.05, 3.63) is 68.7 Å². The van der Waals surface area contributed by atoms with Gasteiger partial charge in [-0.1, -0.05) is 29.3 Å². The minimum Gasteiger partial charge on any atom is -0.342 e. The Morgan fingerprint density at radius 2 is 1.50 bits per heavy atom. The van der Waals surface area contributed by atoms with Crippen LogP contribution in [0.5, 0.6) is 0 Å². The van der Waals surface area contributed by atoms with E-state index in [-0.39, 0.29) is 47.4 Å². The van der Waals surface area contributed by atoms with E-state index in [9.17, 15) is 35.9 Å². The maximum atomic E-state index is 13.4. The molecule has 0 unspecified atom stereocenters. The summed E-state index contributed by atoms with van der Waals surface area (Å²) in [6.45, 7) is 1.91. The van der Waals surface area contributed by atoms with Gasteiger partial charge in [0.05, 0.1) is 21.2 Å². The summed E-state index contributed by atoms with van der Waals surface area (Å²) < 4.78 is 80.5. The first-order chi connectivity index (χ1) is 18.7. The highest BCUT2D eigenvalue weighted by atomic mass is 35.5. The molecular weight excluding hydrogens is 583 g/mol. The van der Waals surface area contributed by atoms with Gasteiger partial charge in [0.2, 0.25) is 5.91 Å². The first-order valence-corrected chi connectivity index (χ1v) is 13.4. The molecule has 40 heavy (non-hydrogen) atoms. The van der Waals surface area contributed by atoms with Crippen LogP contribution in [0.2, 0.25) is 10.0 Å². The Bertz CT molecular complexity index is 1230. The Kier molecular flexibility index (Phi) is 8.97.